The van der Waals surface area contributed by atoms with E-state index in [9.17, 15) is 0 Å². The quantitative estimate of drug-likeness (QED) is 0.836. The van der Waals surface area contributed by atoms with Gasteiger partial charge in [-0.1, -0.05) is 19.1 Å². The van der Waals surface area contributed by atoms with Crippen LogP contribution in [-0.4, -0.2) is 7.05 Å². The van der Waals surface area contributed by atoms with E-state index in [-0.39, 0.29) is 0 Å². The molecule has 2 atom stereocenters. The van der Waals surface area contributed by atoms with Crippen molar-refractivity contribution in [1.29, 1.82) is 0 Å². The minimum atomic E-state index is 0.396. The highest BCUT2D eigenvalue weighted by molar-refractivity contribution is 7.17. The Kier molecular flexibility index (Phi) is 2.34. The summed E-state index contributed by atoms with van der Waals surface area (Å²) in [5.41, 5.74) is 4.96. The Morgan fingerprint density at radius 3 is 3.05 bits per heavy atom. The number of nitrogens with one attached hydrogen (secondary N) is 1. The molecule has 0 aliphatic heterocycles. The first kappa shape index (κ1) is 11.5. The van der Waals surface area contributed by atoms with Crippen molar-refractivity contribution in [3.05, 3.63) is 40.9 Å². The second-order valence-corrected chi connectivity index (χ2v) is 7.12. The van der Waals surface area contributed by atoms with Gasteiger partial charge in [0.1, 0.15) is 0 Å². The smallest absolute Gasteiger partial charge is 0.0348 e. The van der Waals surface area contributed by atoms with Crippen LogP contribution in [0.25, 0.3) is 15.7 Å². The molecule has 0 saturated heterocycles. The van der Waals surface area contributed by atoms with E-state index in [2.05, 4.69) is 48.9 Å². The summed E-state index contributed by atoms with van der Waals surface area (Å²) in [5.74, 6) is 0.762. The molecule has 98 valence electrons. The molecule has 0 amide bonds. The minimum absolute atomic E-state index is 0.396. The van der Waals surface area contributed by atoms with E-state index < -0.39 is 0 Å². The molecule has 2 aliphatic rings. The van der Waals surface area contributed by atoms with E-state index in [1.807, 2.05) is 11.3 Å². The lowest BCUT2D eigenvalue weighted by Crippen LogP contribution is -2.23. The van der Waals surface area contributed by atoms with Crippen molar-refractivity contribution in [3.63, 3.8) is 0 Å². The van der Waals surface area contributed by atoms with Crippen LogP contribution in [0.2, 0.25) is 0 Å². The topological polar surface area (TPSA) is 12.0 Å². The van der Waals surface area contributed by atoms with Gasteiger partial charge in [0.25, 0.3) is 0 Å². The average molecular weight is 269 g/mol. The summed E-state index contributed by atoms with van der Waals surface area (Å²) in [5, 5.41) is 7.17. The Bertz CT molecular complexity index is 681. The van der Waals surface area contributed by atoms with E-state index >= 15 is 0 Å². The lowest BCUT2D eigenvalue weighted by Gasteiger charge is -2.27. The Balaban J connectivity index is 1.99. The zero-order valence-electron chi connectivity index (χ0n) is 11.5. The van der Waals surface area contributed by atoms with Crippen LogP contribution >= 0.6 is 11.3 Å². The van der Waals surface area contributed by atoms with E-state index in [1.165, 1.54) is 40.6 Å². The van der Waals surface area contributed by atoms with Gasteiger partial charge in [-0.05, 0) is 53.8 Å². The average Bonchev–Trinajstić information content (AvgIpc) is 3.08. The number of thiophene rings is 1. The third-order valence-corrected chi connectivity index (χ3v) is 5.94. The second kappa shape index (κ2) is 3.86. The summed E-state index contributed by atoms with van der Waals surface area (Å²) in [6, 6.07) is 9.04. The van der Waals surface area contributed by atoms with Crippen molar-refractivity contribution in [2.75, 3.05) is 7.05 Å². The van der Waals surface area contributed by atoms with Gasteiger partial charge in [0.05, 0.1) is 0 Å². The lowest BCUT2D eigenvalue weighted by molar-refractivity contribution is 0.404. The van der Waals surface area contributed by atoms with Crippen molar-refractivity contribution in [3.8, 4) is 0 Å². The minimum Gasteiger partial charge on any atom is -0.391 e. The third kappa shape index (κ3) is 1.47. The van der Waals surface area contributed by atoms with Crippen molar-refractivity contribution in [2.24, 2.45) is 11.3 Å². The predicted molar refractivity (Wildman–Crippen MR) is 83.3 cm³/mol. The van der Waals surface area contributed by atoms with Crippen molar-refractivity contribution in [1.82, 2.24) is 5.32 Å². The summed E-state index contributed by atoms with van der Waals surface area (Å²) >= 11 is 1.85. The molecule has 2 aliphatic carbocycles. The fraction of sp³-hybridized carbons (Fsp3) is 0.412. The summed E-state index contributed by atoms with van der Waals surface area (Å²) < 4.78 is 1.41. The molecule has 2 unspecified atom stereocenters. The van der Waals surface area contributed by atoms with Gasteiger partial charge in [0.2, 0.25) is 0 Å². The van der Waals surface area contributed by atoms with Crippen LogP contribution in [0.15, 0.2) is 35.3 Å². The summed E-state index contributed by atoms with van der Waals surface area (Å²) in [6.45, 7) is 2.43. The van der Waals surface area contributed by atoms with Gasteiger partial charge in [-0.25, -0.2) is 0 Å². The highest BCUT2D eigenvalue weighted by Gasteiger charge is 2.47. The standard InChI is InChI=1S/C17H19NS/c1-17-8-6-11(10-17)15(16(17)18-2)13-4-3-5-14-12(13)7-9-19-14/h3-5,7,9,11,18H,6,8,10H2,1-2H3. The van der Waals surface area contributed by atoms with Gasteiger partial charge in [-0.3, -0.25) is 0 Å². The first-order chi connectivity index (χ1) is 9.23. The Labute approximate surface area is 118 Å². The fourth-order valence-corrected chi connectivity index (χ4v) is 5.08. The number of allylic oxidation sites excluding steroid dienone is 2. The number of hydrogen-bond donors (Lipinski definition) is 1. The second-order valence-electron chi connectivity index (χ2n) is 6.18. The molecule has 4 rings (SSSR count). The molecule has 1 aromatic carbocycles. The molecule has 1 fully saturated rings. The highest BCUT2D eigenvalue weighted by atomic mass is 32.1. The number of benzene rings is 1. The highest BCUT2D eigenvalue weighted by Crippen LogP contribution is 2.59. The third-order valence-electron chi connectivity index (χ3n) is 5.06. The molecule has 2 aromatic rings. The molecule has 2 bridgehead atoms. The zero-order chi connectivity index (χ0) is 13.0. The molecule has 1 heterocycles. The molecule has 19 heavy (non-hydrogen) atoms. The van der Waals surface area contributed by atoms with Crippen LogP contribution in [0.4, 0.5) is 0 Å². The molecule has 1 N–H and O–H groups in total. The van der Waals surface area contributed by atoms with E-state index in [0.717, 1.165) is 5.92 Å². The monoisotopic (exact) mass is 269 g/mol. The van der Waals surface area contributed by atoms with Crippen LogP contribution in [0.5, 0.6) is 0 Å². The van der Waals surface area contributed by atoms with Crippen molar-refractivity contribution >= 4 is 27.0 Å². The Hall–Kier alpha value is -1.28. The molecule has 0 spiro atoms. The number of hydrogen-bond acceptors (Lipinski definition) is 2. The van der Waals surface area contributed by atoms with Crippen molar-refractivity contribution < 1.29 is 0 Å². The molecule has 1 saturated carbocycles. The normalized spacial score (nSPS) is 29.5. The van der Waals surface area contributed by atoms with Crippen molar-refractivity contribution in [2.45, 2.75) is 26.2 Å². The summed E-state index contributed by atoms with van der Waals surface area (Å²) in [4.78, 5) is 0. The van der Waals surface area contributed by atoms with E-state index in [4.69, 9.17) is 0 Å². The van der Waals surface area contributed by atoms with Gasteiger partial charge in [-0.2, -0.15) is 0 Å². The molecular formula is C17H19NS. The van der Waals surface area contributed by atoms with Gasteiger partial charge in [-0.15, -0.1) is 11.3 Å². The number of fused-ring (bicyclic) bond motifs is 3. The SMILES string of the molecule is CNC1=C(c2cccc3sccc23)C2CCC1(C)C2. The van der Waals surface area contributed by atoms with E-state index in [1.54, 1.807) is 5.57 Å². The van der Waals surface area contributed by atoms with Gasteiger partial charge in [0, 0.05) is 28.2 Å². The molecule has 0 radical (unpaired) electrons. The largest absolute Gasteiger partial charge is 0.391 e. The predicted octanol–water partition coefficient (Wildman–Crippen LogP) is 4.65. The molecule has 2 heteroatoms. The lowest BCUT2D eigenvalue weighted by atomic mass is 9.83. The van der Waals surface area contributed by atoms with Gasteiger partial charge in [0.15, 0.2) is 0 Å². The van der Waals surface area contributed by atoms with Crippen LogP contribution in [0.1, 0.15) is 31.7 Å². The van der Waals surface area contributed by atoms with Crippen LogP contribution in [-0.2, 0) is 0 Å². The van der Waals surface area contributed by atoms with Gasteiger partial charge >= 0.3 is 0 Å². The maximum atomic E-state index is 3.52. The maximum Gasteiger partial charge on any atom is 0.0348 e. The van der Waals surface area contributed by atoms with Crippen LogP contribution in [0, 0.1) is 11.3 Å². The molecule has 1 aromatic heterocycles. The first-order valence-corrected chi connectivity index (χ1v) is 8.00. The van der Waals surface area contributed by atoms with E-state index in [0.29, 0.717) is 5.41 Å². The molecule has 1 nitrogen and oxygen atoms in total. The maximum absolute atomic E-state index is 3.52. The summed E-state index contributed by atoms with van der Waals surface area (Å²) in [6.07, 6.45) is 4.04. The van der Waals surface area contributed by atoms with Crippen LogP contribution in [0.3, 0.4) is 0 Å². The summed E-state index contributed by atoms with van der Waals surface area (Å²) in [7, 11) is 2.09. The molecular weight excluding hydrogens is 250 g/mol. The zero-order valence-corrected chi connectivity index (χ0v) is 12.3. The Morgan fingerprint density at radius 1 is 1.32 bits per heavy atom. The Morgan fingerprint density at radius 2 is 2.21 bits per heavy atom. The van der Waals surface area contributed by atoms with Gasteiger partial charge < -0.3 is 5.32 Å². The fourth-order valence-electron chi connectivity index (χ4n) is 4.26. The first-order valence-electron chi connectivity index (χ1n) is 7.12. The van der Waals surface area contributed by atoms with Crippen LogP contribution < -0.4 is 5.32 Å². The number of rotatable bonds is 2.